The van der Waals surface area contributed by atoms with E-state index >= 15 is 0 Å². The van der Waals surface area contributed by atoms with E-state index in [2.05, 4.69) is 20.4 Å². The molecule has 2 heterocycles. The van der Waals surface area contributed by atoms with E-state index in [1.807, 2.05) is 24.3 Å². The number of carbonyl (C=O) groups excluding carboxylic acids is 2. The Morgan fingerprint density at radius 1 is 1.14 bits per heavy atom. The normalized spacial score (nSPS) is 18.3. The van der Waals surface area contributed by atoms with Crippen LogP contribution in [-0.4, -0.2) is 68.3 Å². The molecule has 190 valence electrons. The number of non-ortho nitro benzene ring substituents is 1. The predicted octanol–water partition coefficient (Wildman–Crippen LogP) is 2.60. The van der Waals surface area contributed by atoms with Crippen molar-refractivity contribution in [1.82, 2.24) is 15.5 Å². The van der Waals surface area contributed by atoms with E-state index < -0.39 is 23.0 Å². The summed E-state index contributed by atoms with van der Waals surface area (Å²) in [6, 6.07) is 12.5. The van der Waals surface area contributed by atoms with E-state index in [1.165, 1.54) is 24.3 Å². The third-order valence-corrected chi connectivity index (χ3v) is 6.26. The van der Waals surface area contributed by atoms with Gasteiger partial charge in [0.25, 0.3) is 5.69 Å². The number of esters is 1. The van der Waals surface area contributed by atoms with Crippen LogP contribution in [0, 0.1) is 10.1 Å². The minimum atomic E-state index is -0.785. The number of piperazine rings is 1. The number of nitrogens with one attached hydrogen (secondary N) is 2. The average molecular weight is 496 g/mol. The van der Waals surface area contributed by atoms with Crippen LogP contribution in [0.5, 0.6) is 5.75 Å². The SMILES string of the molecule is CCOC(=O)C1=C(CN2CCN(c3cccc(OC)c3)CC2)NC(=O)NC1c1ccc([N+](=O)[O-])cc1. The third kappa shape index (κ3) is 5.57. The molecule has 4 rings (SSSR count). The van der Waals surface area contributed by atoms with Gasteiger partial charge in [-0.2, -0.15) is 0 Å². The average Bonchev–Trinajstić information content (AvgIpc) is 2.89. The Kier molecular flexibility index (Phi) is 7.69. The molecule has 0 bridgehead atoms. The van der Waals surface area contributed by atoms with Crippen molar-refractivity contribution in [2.45, 2.75) is 13.0 Å². The Labute approximate surface area is 208 Å². The number of ether oxygens (including phenoxy) is 2. The van der Waals surface area contributed by atoms with Crippen molar-refractivity contribution in [2.24, 2.45) is 0 Å². The van der Waals surface area contributed by atoms with Crippen molar-refractivity contribution < 1.29 is 24.0 Å². The molecule has 1 saturated heterocycles. The number of carbonyl (C=O) groups is 2. The highest BCUT2D eigenvalue weighted by Gasteiger charge is 2.35. The maximum absolute atomic E-state index is 13.0. The molecule has 2 aromatic carbocycles. The van der Waals surface area contributed by atoms with Crippen LogP contribution in [0.3, 0.4) is 0 Å². The molecule has 1 atom stereocenters. The second-order valence-corrected chi connectivity index (χ2v) is 8.46. The number of benzene rings is 2. The highest BCUT2D eigenvalue weighted by atomic mass is 16.6. The van der Waals surface area contributed by atoms with Gasteiger partial charge in [0.2, 0.25) is 0 Å². The van der Waals surface area contributed by atoms with Crippen LogP contribution in [0.15, 0.2) is 59.8 Å². The molecule has 1 fully saturated rings. The van der Waals surface area contributed by atoms with Crippen LogP contribution in [0.2, 0.25) is 0 Å². The van der Waals surface area contributed by atoms with E-state index in [0.717, 1.165) is 37.6 Å². The second-order valence-electron chi connectivity index (χ2n) is 8.46. The summed E-state index contributed by atoms with van der Waals surface area (Å²) < 4.78 is 10.6. The molecule has 0 radical (unpaired) electrons. The lowest BCUT2D eigenvalue weighted by atomic mass is 9.94. The van der Waals surface area contributed by atoms with Gasteiger partial charge in [0.15, 0.2) is 0 Å². The van der Waals surface area contributed by atoms with Crippen LogP contribution >= 0.6 is 0 Å². The summed E-state index contributed by atoms with van der Waals surface area (Å²) in [6.07, 6.45) is 0. The molecule has 0 spiro atoms. The fourth-order valence-electron chi connectivity index (χ4n) is 4.43. The first-order valence-corrected chi connectivity index (χ1v) is 11.7. The highest BCUT2D eigenvalue weighted by molar-refractivity contribution is 5.95. The summed E-state index contributed by atoms with van der Waals surface area (Å²) in [6.45, 7) is 5.24. The second kappa shape index (κ2) is 11.1. The Morgan fingerprint density at radius 3 is 2.50 bits per heavy atom. The van der Waals surface area contributed by atoms with Crippen LogP contribution < -0.4 is 20.3 Å². The first-order valence-electron chi connectivity index (χ1n) is 11.7. The van der Waals surface area contributed by atoms with Crippen LogP contribution in [0.4, 0.5) is 16.2 Å². The molecule has 2 amide bonds. The number of amides is 2. The number of urea groups is 1. The summed E-state index contributed by atoms with van der Waals surface area (Å²) in [4.78, 5) is 40.5. The standard InChI is InChI=1S/C25H29N5O6/c1-3-36-24(31)22-21(26-25(32)27-23(22)17-7-9-18(10-8-17)30(33)34)16-28-11-13-29(14-12-28)19-5-4-6-20(15-19)35-2/h4-10,15,23H,3,11-14,16H2,1-2H3,(H2,26,27,32). The topological polar surface area (TPSA) is 126 Å². The summed E-state index contributed by atoms with van der Waals surface area (Å²) in [5, 5.41) is 16.6. The molecular weight excluding hydrogens is 466 g/mol. The van der Waals surface area contributed by atoms with Gasteiger partial charge >= 0.3 is 12.0 Å². The lowest BCUT2D eigenvalue weighted by Gasteiger charge is -2.38. The number of hydrogen-bond donors (Lipinski definition) is 2. The Balaban J connectivity index is 1.55. The van der Waals surface area contributed by atoms with Crippen molar-refractivity contribution in [3.63, 3.8) is 0 Å². The highest BCUT2D eigenvalue weighted by Crippen LogP contribution is 2.30. The molecule has 36 heavy (non-hydrogen) atoms. The lowest BCUT2D eigenvalue weighted by molar-refractivity contribution is -0.384. The lowest BCUT2D eigenvalue weighted by Crippen LogP contribution is -2.51. The minimum absolute atomic E-state index is 0.0743. The van der Waals surface area contributed by atoms with Gasteiger partial charge in [-0.05, 0) is 36.8 Å². The fourth-order valence-corrected chi connectivity index (χ4v) is 4.43. The number of methoxy groups -OCH3 is 1. The molecule has 1 unspecified atom stereocenters. The number of nitrogens with zero attached hydrogens (tertiary/aromatic N) is 3. The molecular formula is C25H29N5O6. The minimum Gasteiger partial charge on any atom is -0.497 e. The summed E-state index contributed by atoms with van der Waals surface area (Å²) in [7, 11) is 1.64. The van der Waals surface area contributed by atoms with Gasteiger partial charge < -0.3 is 25.0 Å². The van der Waals surface area contributed by atoms with Crippen molar-refractivity contribution in [3.05, 3.63) is 75.5 Å². The summed E-state index contributed by atoms with van der Waals surface area (Å²) in [5.41, 5.74) is 2.32. The van der Waals surface area contributed by atoms with E-state index in [0.29, 0.717) is 23.4 Å². The predicted molar refractivity (Wildman–Crippen MR) is 133 cm³/mol. The number of anilines is 1. The quantitative estimate of drug-likeness (QED) is 0.325. The molecule has 0 saturated carbocycles. The zero-order valence-corrected chi connectivity index (χ0v) is 20.2. The molecule has 0 aliphatic carbocycles. The molecule has 2 aromatic rings. The molecule has 2 aliphatic heterocycles. The van der Waals surface area contributed by atoms with Gasteiger partial charge in [0, 0.05) is 62.3 Å². The maximum Gasteiger partial charge on any atom is 0.338 e. The maximum atomic E-state index is 13.0. The fraction of sp³-hybridized carbons (Fsp3) is 0.360. The van der Waals surface area contributed by atoms with Crippen molar-refractivity contribution in [2.75, 3.05) is 51.3 Å². The first-order chi connectivity index (χ1) is 17.4. The van der Waals surface area contributed by atoms with E-state index in [9.17, 15) is 19.7 Å². The number of nitro benzene ring substituents is 1. The molecule has 2 aliphatic rings. The molecule has 2 N–H and O–H groups in total. The number of hydrogen-bond acceptors (Lipinski definition) is 8. The monoisotopic (exact) mass is 495 g/mol. The molecule has 11 nitrogen and oxygen atoms in total. The number of nitro groups is 1. The van der Waals surface area contributed by atoms with Gasteiger partial charge in [0.1, 0.15) is 5.75 Å². The van der Waals surface area contributed by atoms with E-state index in [4.69, 9.17) is 9.47 Å². The van der Waals surface area contributed by atoms with Crippen molar-refractivity contribution in [3.8, 4) is 5.75 Å². The first kappa shape index (κ1) is 25.0. The van der Waals surface area contributed by atoms with Gasteiger partial charge in [-0.1, -0.05) is 6.07 Å². The van der Waals surface area contributed by atoms with Gasteiger partial charge in [-0.3, -0.25) is 15.0 Å². The number of rotatable bonds is 8. The summed E-state index contributed by atoms with van der Waals surface area (Å²) >= 11 is 0. The van der Waals surface area contributed by atoms with Crippen LogP contribution in [0.25, 0.3) is 0 Å². The zero-order valence-electron chi connectivity index (χ0n) is 20.2. The third-order valence-electron chi connectivity index (χ3n) is 6.26. The van der Waals surface area contributed by atoms with E-state index in [-0.39, 0.29) is 12.3 Å². The molecule has 11 heteroatoms. The van der Waals surface area contributed by atoms with Gasteiger partial charge in [0.05, 0.1) is 30.3 Å². The van der Waals surface area contributed by atoms with E-state index in [1.54, 1.807) is 14.0 Å². The van der Waals surface area contributed by atoms with Crippen molar-refractivity contribution in [1.29, 1.82) is 0 Å². The largest absolute Gasteiger partial charge is 0.497 e. The zero-order chi connectivity index (χ0) is 25.7. The smallest absolute Gasteiger partial charge is 0.338 e. The Morgan fingerprint density at radius 2 is 1.86 bits per heavy atom. The van der Waals surface area contributed by atoms with Crippen molar-refractivity contribution >= 4 is 23.4 Å². The van der Waals surface area contributed by atoms with Crippen LogP contribution in [-0.2, 0) is 9.53 Å². The molecule has 0 aromatic heterocycles. The van der Waals surface area contributed by atoms with Crippen LogP contribution in [0.1, 0.15) is 18.5 Å². The van der Waals surface area contributed by atoms with Gasteiger partial charge in [-0.25, -0.2) is 9.59 Å². The summed E-state index contributed by atoms with van der Waals surface area (Å²) in [5.74, 6) is 0.257. The van der Waals surface area contributed by atoms with Gasteiger partial charge in [-0.15, -0.1) is 0 Å². The Hall–Kier alpha value is -4.12. The Bertz CT molecular complexity index is 1160.